The van der Waals surface area contributed by atoms with Crippen molar-refractivity contribution in [2.24, 2.45) is 0 Å². The highest BCUT2D eigenvalue weighted by Crippen LogP contribution is 2.24. The molecular weight excluding hydrogens is 252 g/mol. The summed E-state index contributed by atoms with van der Waals surface area (Å²) in [6.07, 6.45) is 4.76. The second kappa shape index (κ2) is 7.88. The minimum atomic E-state index is 0.224. The van der Waals surface area contributed by atoms with Crippen LogP contribution in [0.4, 0.5) is 0 Å². The van der Waals surface area contributed by atoms with E-state index in [2.05, 4.69) is 11.0 Å². The third-order valence-electron chi connectivity index (χ3n) is 3.80. The summed E-state index contributed by atoms with van der Waals surface area (Å²) in [6, 6.07) is 10.0. The number of aliphatic hydroxyl groups is 1. The normalized spacial score (nSPS) is 14.8. The van der Waals surface area contributed by atoms with E-state index < -0.39 is 0 Å². The number of aliphatic hydroxyl groups excluding tert-OH is 1. The van der Waals surface area contributed by atoms with Crippen LogP contribution in [0, 0.1) is 11.3 Å². The molecule has 0 unspecified atom stereocenters. The van der Waals surface area contributed by atoms with Crippen LogP contribution in [0.5, 0.6) is 5.75 Å². The summed E-state index contributed by atoms with van der Waals surface area (Å²) in [7, 11) is 0. The molecule has 0 aliphatic heterocycles. The van der Waals surface area contributed by atoms with Gasteiger partial charge in [0.05, 0.1) is 24.8 Å². The molecule has 4 nitrogen and oxygen atoms in total. The number of nitrogens with zero attached hydrogens (tertiary/aromatic N) is 2. The molecule has 0 saturated heterocycles. The van der Waals surface area contributed by atoms with Crippen LogP contribution in [0.3, 0.4) is 0 Å². The van der Waals surface area contributed by atoms with Crippen molar-refractivity contribution >= 4 is 0 Å². The second-order valence-corrected chi connectivity index (χ2v) is 5.19. The maximum atomic E-state index is 9.09. The summed E-state index contributed by atoms with van der Waals surface area (Å²) in [5, 5.41) is 17.9. The van der Waals surface area contributed by atoms with Gasteiger partial charge in [-0.2, -0.15) is 5.26 Å². The highest BCUT2D eigenvalue weighted by atomic mass is 16.5. The van der Waals surface area contributed by atoms with Gasteiger partial charge in [0.1, 0.15) is 5.75 Å². The zero-order valence-corrected chi connectivity index (χ0v) is 11.8. The van der Waals surface area contributed by atoms with E-state index in [1.54, 1.807) is 12.1 Å². The van der Waals surface area contributed by atoms with E-state index in [0.29, 0.717) is 18.2 Å². The summed E-state index contributed by atoms with van der Waals surface area (Å²) in [4.78, 5) is 2.36. The zero-order valence-electron chi connectivity index (χ0n) is 11.8. The average Bonchev–Trinajstić information content (AvgIpc) is 2.42. The van der Waals surface area contributed by atoms with Crippen molar-refractivity contribution in [3.8, 4) is 11.8 Å². The van der Waals surface area contributed by atoms with Crippen LogP contribution in [-0.4, -0.2) is 42.4 Å². The molecule has 2 rings (SSSR count). The minimum absolute atomic E-state index is 0.224. The van der Waals surface area contributed by atoms with Crippen LogP contribution < -0.4 is 4.74 Å². The fourth-order valence-electron chi connectivity index (χ4n) is 2.47. The van der Waals surface area contributed by atoms with Crippen molar-refractivity contribution in [3.63, 3.8) is 0 Å². The van der Waals surface area contributed by atoms with Crippen LogP contribution in [0.25, 0.3) is 0 Å². The first-order valence-corrected chi connectivity index (χ1v) is 7.31. The molecule has 1 aromatic rings. The maximum Gasteiger partial charge on any atom is 0.120 e. The smallest absolute Gasteiger partial charge is 0.120 e. The van der Waals surface area contributed by atoms with Crippen LogP contribution in [-0.2, 0) is 0 Å². The quantitative estimate of drug-likeness (QED) is 0.738. The van der Waals surface area contributed by atoms with Gasteiger partial charge < -0.3 is 9.84 Å². The van der Waals surface area contributed by atoms with E-state index in [0.717, 1.165) is 25.3 Å². The number of rotatable bonds is 8. The van der Waals surface area contributed by atoms with Gasteiger partial charge in [0, 0.05) is 19.1 Å². The van der Waals surface area contributed by atoms with Gasteiger partial charge in [0.15, 0.2) is 0 Å². The predicted octanol–water partition coefficient (Wildman–Crippen LogP) is 2.17. The molecule has 1 aliphatic rings. The van der Waals surface area contributed by atoms with Gasteiger partial charge in [-0.15, -0.1) is 0 Å². The van der Waals surface area contributed by atoms with Crippen LogP contribution in [0.2, 0.25) is 0 Å². The zero-order chi connectivity index (χ0) is 14.2. The van der Waals surface area contributed by atoms with Crippen molar-refractivity contribution in [1.29, 1.82) is 5.26 Å². The first-order valence-electron chi connectivity index (χ1n) is 7.31. The van der Waals surface area contributed by atoms with Gasteiger partial charge in [-0.1, -0.05) is 12.5 Å². The predicted molar refractivity (Wildman–Crippen MR) is 77.6 cm³/mol. The van der Waals surface area contributed by atoms with Crippen LogP contribution >= 0.6 is 0 Å². The van der Waals surface area contributed by atoms with Crippen LogP contribution in [0.15, 0.2) is 24.3 Å². The van der Waals surface area contributed by atoms with Crippen molar-refractivity contribution in [1.82, 2.24) is 4.90 Å². The molecule has 0 radical (unpaired) electrons. The lowest BCUT2D eigenvalue weighted by Gasteiger charge is -2.37. The van der Waals surface area contributed by atoms with Crippen molar-refractivity contribution in [2.45, 2.75) is 31.7 Å². The number of benzene rings is 1. The molecule has 4 heteroatoms. The molecule has 0 heterocycles. The van der Waals surface area contributed by atoms with E-state index in [1.807, 2.05) is 12.1 Å². The third kappa shape index (κ3) is 4.22. The summed E-state index contributed by atoms with van der Waals surface area (Å²) in [6.45, 7) is 2.59. The van der Waals surface area contributed by atoms with E-state index in [4.69, 9.17) is 15.1 Å². The van der Waals surface area contributed by atoms with Gasteiger partial charge in [0.2, 0.25) is 0 Å². The van der Waals surface area contributed by atoms with Crippen molar-refractivity contribution < 1.29 is 9.84 Å². The summed E-state index contributed by atoms with van der Waals surface area (Å²) in [5.41, 5.74) is 0.624. The molecule has 0 spiro atoms. The molecule has 0 atom stereocenters. The summed E-state index contributed by atoms with van der Waals surface area (Å²) < 4.78 is 5.67. The molecule has 1 saturated carbocycles. The summed E-state index contributed by atoms with van der Waals surface area (Å²) in [5.74, 6) is 0.751. The highest BCUT2D eigenvalue weighted by molar-refractivity contribution is 5.36. The summed E-state index contributed by atoms with van der Waals surface area (Å²) >= 11 is 0. The molecule has 1 N–H and O–H groups in total. The largest absolute Gasteiger partial charge is 0.494 e. The Labute approximate surface area is 120 Å². The van der Waals surface area contributed by atoms with Crippen molar-refractivity contribution in [2.75, 3.05) is 26.3 Å². The van der Waals surface area contributed by atoms with E-state index in [9.17, 15) is 0 Å². The van der Waals surface area contributed by atoms with E-state index in [1.165, 1.54) is 19.3 Å². The Hall–Kier alpha value is -1.57. The Morgan fingerprint density at radius 3 is 2.85 bits per heavy atom. The molecule has 0 amide bonds. The second-order valence-electron chi connectivity index (χ2n) is 5.19. The molecule has 0 bridgehead atoms. The number of ether oxygens (including phenoxy) is 1. The molecule has 1 aliphatic carbocycles. The standard InChI is InChI=1S/C16H22N2O2/c17-13-14-4-1-7-16(12-14)20-11-3-8-18(9-10-19)15-5-2-6-15/h1,4,7,12,15,19H,2-3,5-6,8-11H2. The number of hydrogen-bond donors (Lipinski definition) is 1. The lowest BCUT2D eigenvalue weighted by atomic mass is 9.91. The van der Waals surface area contributed by atoms with Gasteiger partial charge in [0.25, 0.3) is 0 Å². The van der Waals surface area contributed by atoms with Gasteiger partial charge in [-0.3, -0.25) is 4.90 Å². The van der Waals surface area contributed by atoms with Gasteiger partial charge in [-0.05, 0) is 37.5 Å². The molecule has 1 fully saturated rings. The van der Waals surface area contributed by atoms with E-state index >= 15 is 0 Å². The van der Waals surface area contributed by atoms with Gasteiger partial charge in [-0.25, -0.2) is 0 Å². The first kappa shape index (κ1) is 14.8. The lowest BCUT2D eigenvalue weighted by molar-refractivity contribution is 0.0952. The lowest BCUT2D eigenvalue weighted by Crippen LogP contribution is -2.42. The molecule has 1 aromatic carbocycles. The van der Waals surface area contributed by atoms with Gasteiger partial charge >= 0.3 is 0 Å². The monoisotopic (exact) mass is 274 g/mol. The Morgan fingerprint density at radius 1 is 1.35 bits per heavy atom. The molecule has 108 valence electrons. The van der Waals surface area contributed by atoms with Crippen LogP contribution in [0.1, 0.15) is 31.2 Å². The topological polar surface area (TPSA) is 56.5 Å². The Balaban J connectivity index is 1.70. The minimum Gasteiger partial charge on any atom is -0.494 e. The number of nitriles is 1. The van der Waals surface area contributed by atoms with Crippen molar-refractivity contribution in [3.05, 3.63) is 29.8 Å². The Bertz CT molecular complexity index is 452. The first-order chi connectivity index (χ1) is 9.83. The molecule has 20 heavy (non-hydrogen) atoms. The van der Waals surface area contributed by atoms with E-state index in [-0.39, 0.29) is 6.61 Å². The molecule has 0 aromatic heterocycles. The number of hydrogen-bond acceptors (Lipinski definition) is 4. The third-order valence-corrected chi connectivity index (χ3v) is 3.80. The fraction of sp³-hybridized carbons (Fsp3) is 0.562. The molecular formula is C16H22N2O2. The fourth-order valence-corrected chi connectivity index (χ4v) is 2.47. The maximum absolute atomic E-state index is 9.09. The Kier molecular flexibility index (Phi) is 5.85. The SMILES string of the molecule is N#Cc1cccc(OCCCN(CCO)C2CCC2)c1. The average molecular weight is 274 g/mol. The Morgan fingerprint density at radius 2 is 2.20 bits per heavy atom. The highest BCUT2D eigenvalue weighted by Gasteiger charge is 2.23.